The molecule has 0 bridgehead atoms. The maximum Gasteiger partial charge on any atom is 0.242 e. The van der Waals surface area contributed by atoms with Gasteiger partial charge < -0.3 is 5.11 Å². The normalized spacial score (nSPS) is 19.7. The Morgan fingerprint density at radius 3 is 2.71 bits per heavy atom. The van der Waals surface area contributed by atoms with Gasteiger partial charge in [0, 0.05) is 34.1 Å². The highest BCUT2D eigenvalue weighted by atomic mass is 35.5. The minimum atomic E-state index is -3.75. The summed E-state index contributed by atoms with van der Waals surface area (Å²) in [4.78, 5) is -0.0887. The summed E-state index contributed by atoms with van der Waals surface area (Å²) in [5.41, 5.74) is 0.298. The molecule has 1 aliphatic heterocycles. The van der Waals surface area contributed by atoms with E-state index in [1.165, 1.54) is 12.1 Å². The van der Waals surface area contributed by atoms with Gasteiger partial charge in [-0.05, 0) is 17.7 Å². The minimum absolute atomic E-state index is 0.0140. The highest BCUT2D eigenvalue weighted by Crippen LogP contribution is 2.30. The monoisotopic (exact) mass is 387 g/mol. The Morgan fingerprint density at radius 2 is 2.10 bits per heavy atom. The van der Waals surface area contributed by atoms with E-state index in [-0.39, 0.29) is 26.8 Å². The van der Waals surface area contributed by atoms with Gasteiger partial charge in [-0.15, -0.1) is 0 Å². The molecule has 118 valence electrons. The molecule has 1 unspecified atom stereocenters. The zero-order valence-electron chi connectivity index (χ0n) is 11.0. The fourth-order valence-corrected chi connectivity index (χ4v) is 6.59. The summed E-state index contributed by atoms with van der Waals surface area (Å²) in [5, 5.41) is 9.70. The molecule has 2 N–H and O–H groups in total. The second-order valence-corrected chi connectivity index (χ2v) is 9.56. The lowest BCUT2D eigenvalue weighted by Crippen LogP contribution is -2.33. The van der Waals surface area contributed by atoms with Crippen LogP contribution in [0.5, 0.6) is 0 Å². The van der Waals surface area contributed by atoms with Crippen LogP contribution in [0.25, 0.3) is 0 Å². The number of aliphatic hydroxyl groups is 1. The van der Waals surface area contributed by atoms with Crippen molar-refractivity contribution in [2.45, 2.75) is 16.8 Å². The lowest BCUT2D eigenvalue weighted by molar-refractivity contribution is 0.281. The van der Waals surface area contributed by atoms with Crippen molar-refractivity contribution in [1.29, 1.82) is 0 Å². The first-order valence-corrected chi connectivity index (χ1v) is 10.7. The predicted molar refractivity (Wildman–Crippen MR) is 91.1 cm³/mol. The third-order valence-corrected chi connectivity index (χ3v) is 7.99. The third-order valence-electron chi connectivity index (χ3n) is 2.93. The third kappa shape index (κ3) is 4.67. The van der Waals surface area contributed by atoms with Gasteiger partial charge in [0.2, 0.25) is 10.0 Å². The predicted octanol–water partition coefficient (Wildman–Crippen LogP) is 2.61. The Kier molecular flexibility index (Phi) is 6.55. The second-order valence-electron chi connectivity index (χ2n) is 4.45. The summed E-state index contributed by atoms with van der Waals surface area (Å²) >= 11 is 15.5. The van der Waals surface area contributed by atoms with Crippen LogP contribution in [0.3, 0.4) is 0 Å². The van der Waals surface area contributed by atoms with Crippen molar-refractivity contribution >= 4 is 56.7 Å². The van der Waals surface area contributed by atoms with Crippen LogP contribution in [0.15, 0.2) is 17.0 Å². The molecular weight excluding hydrogens is 373 g/mol. The Morgan fingerprint density at radius 1 is 1.33 bits per heavy atom. The molecule has 0 saturated carbocycles. The van der Waals surface area contributed by atoms with E-state index >= 15 is 0 Å². The van der Waals surface area contributed by atoms with Crippen LogP contribution in [0, 0.1) is 0 Å². The van der Waals surface area contributed by atoms with Crippen molar-refractivity contribution in [3.8, 4) is 0 Å². The average Bonchev–Trinajstić information content (AvgIpc) is 2.48. The highest BCUT2D eigenvalue weighted by Gasteiger charge is 2.23. The van der Waals surface area contributed by atoms with Gasteiger partial charge in [0.05, 0.1) is 11.6 Å². The molecule has 1 aliphatic rings. The first-order valence-electron chi connectivity index (χ1n) is 6.22. The maximum atomic E-state index is 12.4. The van der Waals surface area contributed by atoms with Crippen LogP contribution in [0.2, 0.25) is 10.0 Å². The van der Waals surface area contributed by atoms with Gasteiger partial charge in [-0.2, -0.15) is 23.5 Å². The number of rotatable bonds is 5. The number of benzene rings is 1. The van der Waals surface area contributed by atoms with Gasteiger partial charge in [-0.3, -0.25) is 0 Å². The quantitative estimate of drug-likeness (QED) is 0.812. The fourth-order valence-electron chi connectivity index (χ4n) is 1.86. The van der Waals surface area contributed by atoms with Crippen molar-refractivity contribution in [1.82, 2.24) is 4.72 Å². The van der Waals surface area contributed by atoms with Crippen LogP contribution in [-0.2, 0) is 16.6 Å². The Hall–Kier alpha value is 0.370. The first kappa shape index (κ1) is 17.7. The molecule has 4 nitrogen and oxygen atoms in total. The van der Waals surface area contributed by atoms with E-state index in [2.05, 4.69) is 4.72 Å². The molecule has 0 radical (unpaired) electrons. The molecule has 1 aromatic rings. The molecule has 0 amide bonds. The van der Waals surface area contributed by atoms with E-state index in [4.69, 9.17) is 23.2 Å². The van der Waals surface area contributed by atoms with Crippen molar-refractivity contribution in [3.05, 3.63) is 27.7 Å². The molecule has 0 aromatic heterocycles. The van der Waals surface area contributed by atoms with Gasteiger partial charge in [0.25, 0.3) is 0 Å². The molecule has 21 heavy (non-hydrogen) atoms. The van der Waals surface area contributed by atoms with E-state index < -0.39 is 10.0 Å². The van der Waals surface area contributed by atoms with Crippen LogP contribution < -0.4 is 4.72 Å². The smallest absolute Gasteiger partial charge is 0.242 e. The summed E-state index contributed by atoms with van der Waals surface area (Å²) in [6.45, 7) is -0.00562. The topological polar surface area (TPSA) is 66.4 Å². The Labute approximate surface area is 143 Å². The number of halogens is 2. The van der Waals surface area contributed by atoms with Crippen molar-refractivity contribution in [2.24, 2.45) is 0 Å². The fraction of sp³-hybridized carbons (Fsp3) is 0.500. The van der Waals surface area contributed by atoms with Crippen molar-refractivity contribution < 1.29 is 13.5 Å². The van der Waals surface area contributed by atoms with Gasteiger partial charge >= 0.3 is 0 Å². The Bertz CT molecular complexity index is 604. The van der Waals surface area contributed by atoms with Crippen molar-refractivity contribution in [2.75, 3.05) is 23.8 Å². The average molecular weight is 388 g/mol. The molecule has 1 heterocycles. The highest BCUT2D eigenvalue weighted by molar-refractivity contribution is 8.06. The molecule has 1 saturated heterocycles. The molecule has 1 aromatic carbocycles. The largest absolute Gasteiger partial charge is 0.392 e. The number of thioether (sulfide) groups is 2. The molecule has 9 heteroatoms. The van der Waals surface area contributed by atoms with E-state index in [0.29, 0.717) is 12.1 Å². The summed E-state index contributed by atoms with van der Waals surface area (Å²) in [7, 11) is -3.75. The van der Waals surface area contributed by atoms with Gasteiger partial charge in [0.1, 0.15) is 4.90 Å². The molecular formula is C12H15Cl2NO3S3. The van der Waals surface area contributed by atoms with E-state index in [9.17, 15) is 13.5 Å². The summed E-state index contributed by atoms with van der Waals surface area (Å²) in [6, 6.07) is 2.75. The lowest BCUT2D eigenvalue weighted by Gasteiger charge is -2.21. The van der Waals surface area contributed by atoms with Crippen LogP contribution in [-0.4, -0.2) is 42.6 Å². The minimum Gasteiger partial charge on any atom is -0.392 e. The number of nitrogens with one attached hydrogen (secondary N) is 1. The molecule has 1 fully saturated rings. The van der Waals surface area contributed by atoms with Crippen LogP contribution in [0.1, 0.15) is 5.56 Å². The van der Waals surface area contributed by atoms with Crippen molar-refractivity contribution in [3.63, 3.8) is 0 Å². The number of hydrogen-bond donors (Lipinski definition) is 2. The molecule has 0 spiro atoms. The lowest BCUT2D eigenvalue weighted by atomic mass is 10.2. The second kappa shape index (κ2) is 7.77. The maximum absolute atomic E-state index is 12.4. The van der Waals surface area contributed by atoms with Gasteiger partial charge in [-0.25, -0.2) is 13.1 Å². The van der Waals surface area contributed by atoms with Gasteiger partial charge in [-0.1, -0.05) is 23.2 Å². The Balaban J connectivity index is 2.17. The van der Waals surface area contributed by atoms with Gasteiger partial charge in [0.15, 0.2) is 0 Å². The summed E-state index contributed by atoms with van der Waals surface area (Å²) < 4.78 is 27.3. The first-order chi connectivity index (χ1) is 9.94. The standard InChI is InChI=1S/C12H15Cl2NO3S3/c13-9-3-8(6-16)12(14)11(4-9)21(17,18)15-5-10-7-19-1-2-20-10/h3-4,10,15-16H,1-2,5-7H2. The summed E-state index contributed by atoms with van der Waals surface area (Å²) in [5.74, 6) is 3.07. The molecule has 2 rings (SSSR count). The number of aliphatic hydroxyl groups excluding tert-OH is 1. The van der Waals surface area contributed by atoms with Crippen LogP contribution in [0.4, 0.5) is 0 Å². The molecule has 0 aliphatic carbocycles. The van der Waals surface area contributed by atoms with E-state index in [1.54, 1.807) is 11.8 Å². The number of hydrogen-bond acceptors (Lipinski definition) is 5. The summed E-state index contributed by atoms with van der Waals surface area (Å²) in [6.07, 6.45) is 0. The van der Waals surface area contributed by atoms with E-state index in [0.717, 1.165) is 17.3 Å². The number of sulfonamides is 1. The van der Waals surface area contributed by atoms with E-state index in [1.807, 2.05) is 11.8 Å². The zero-order chi connectivity index (χ0) is 15.5. The SMILES string of the molecule is O=S(=O)(NCC1CSCCS1)c1cc(Cl)cc(CO)c1Cl. The zero-order valence-corrected chi connectivity index (χ0v) is 15.0. The van der Waals surface area contributed by atoms with Crippen LogP contribution >= 0.6 is 46.7 Å². The molecule has 1 atom stereocenters.